The molecule has 0 aliphatic carbocycles. The topological polar surface area (TPSA) is 67.5 Å². The van der Waals surface area contributed by atoms with Crippen LogP contribution in [0.2, 0.25) is 0 Å². The summed E-state index contributed by atoms with van der Waals surface area (Å²) >= 11 is 0. The third-order valence-corrected chi connectivity index (χ3v) is 3.59. The Hall–Kier alpha value is -1.40. The van der Waals surface area contributed by atoms with Crippen molar-refractivity contribution < 1.29 is 4.74 Å². The molecule has 1 aliphatic rings. The maximum atomic E-state index is 5.72. The summed E-state index contributed by atoms with van der Waals surface area (Å²) in [6.07, 6.45) is 1.70. The summed E-state index contributed by atoms with van der Waals surface area (Å²) in [6, 6.07) is 2.37. The normalized spacial score (nSPS) is 18.4. The number of rotatable bonds is 5. The van der Waals surface area contributed by atoms with Gasteiger partial charge in [-0.25, -0.2) is 9.97 Å². The number of piperazine rings is 1. The van der Waals surface area contributed by atoms with Gasteiger partial charge in [0.15, 0.2) is 0 Å². The van der Waals surface area contributed by atoms with E-state index in [0.29, 0.717) is 18.5 Å². The van der Waals surface area contributed by atoms with E-state index in [2.05, 4.69) is 26.7 Å². The van der Waals surface area contributed by atoms with Gasteiger partial charge >= 0.3 is 0 Å². The van der Waals surface area contributed by atoms with Crippen LogP contribution in [0.5, 0.6) is 5.88 Å². The summed E-state index contributed by atoms with van der Waals surface area (Å²) in [6.45, 7) is 10.8. The van der Waals surface area contributed by atoms with Crippen molar-refractivity contribution in [1.82, 2.24) is 14.9 Å². The first-order valence-electron chi connectivity index (χ1n) is 7.28. The number of nitrogens with two attached hydrogens (primary N) is 1. The smallest absolute Gasteiger partial charge is 0.218 e. The lowest BCUT2D eigenvalue weighted by atomic mass is 10.2. The van der Waals surface area contributed by atoms with Crippen molar-refractivity contribution in [3.63, 3.8) is 0 Å². The van der Waals surface area contributed by atoms with Crippen LogP contribution in [0.25, 0.3) is 0 Å². The highest BCUT2D eigenvalue weighted by molar-refractivity contribution is 5.41. The monoisotopic (exact) mass is 279 g/mol. The number of ether oxygens (including phenoxy) is 1. The fourth-order valence-corrected chi connectivity index (χ4v) is 2.35. The molecule has 20 heavy (non-hydrogen) atoms. The van der Waals surface area contributed by atoms with E-state index in [1.54, 1.807) is 6.33 Å². The van der Waals surface area contributed by atoms with Gasteiger partial charge in [-0.3, -0.25) is 4.90 Å². The first-order chi connectivity index (χ1) is 9.60. The van der Waals surface area contributed by atoms with Gasteiger partial charge in [0.05, 0.1) is 6.10 Å². The summed E-state index contributed by atoms with van der Waals surface area (Å²) in [5.74, 6) is 1.58. The van der Waals surface area contributed by atoms with Crippen molar-refractivity contribution in [2.24, 2.45) is 5.73 Å². The van der Waals surface area contributed by atoms with Gasteiger partial charge in [0.1, 0.15) is 12.1 Å². The molecule has 0 aromatic carbocycles. The lowest BCUT2D eigenvalue weighted by Gasteiger charge is -2.38. The number of nitrogens with zero attached hydrogens (tertiary/aromatic N) is 4. The van der Waals surface area contributed by atoms with E-state index in [9.17, 15) is 0 Å². The molecule has 0 saturated carbocycles. The molecule has 1 atom stereocenters. The van der Waals surface area contributed by atoms with Crippen LogP contribution in [0.3, 0.4) is 0 Å². The Morgan fingerprint density at radius 2 is 1.90 bits per heavy atom. The molecular weight excluding hydrogens is 254 g/mol. The van der Waals surface area contributed by atoms with Crippen LogP contribution in [-0.4, -0.2) is 59.7 Å². The molecule has 0 spiro atoms. The molecule has 6 nitrogen and oxygen atoms in total. The molecule has 0 radical (unpaired) electrons. The molecular formula is C14H25N5O. The second-order valence-corrected chi connectivity index (χ2v) is 5.49. The van der Waals surface area contributed by atoms with Crippen molar-refractivity contribution >= 4 is 5.82 Å². The van der Waals surface area contributed by atoms with E-state index >= 15 is 0 Å². The molecule has 2 rings (SSSR count). The largest absolute Gasteiger partial charge is 0.475 e. The van der Waals surface area contributed by atoms with E-state index in [-0.39, 0.29) is 6.10 Å². The maximum Gasteiger partial charge on any atom is 0.218 e. The Labute approximate surface area is 120 Å². The summed E-state index contributed by atoms with van der Waals surface area (Å²) in [5, 5.41) is 0. The van der Waals surface area contributed by atoms with E-state index in [0.717, 1.165) is 32.0 Å². The SMILES string of the molecule is CC(C)Oc1cc(N2CCN(C(C)CN)CC2)ncn1. The molecule has 1 unspecified atom stereocenters. The minimum absolute atomic E-state index is 0.125. The summed E-state index contributed by atoms with van der Waals surface area (Å²) in [7, 11) is 0. The van der Waals surface area contributed by atoms with Crippen molar-refractivity contribution in [2.75, 3.05) is 37.6 Å². The molecule has 0 amide bonds. The Kier molecular flexibility index (Phi) is 5.14. The first-order valence-corrected chi connectivity index (χ1v) is 7.28. The fourth-order valence-electron chi connectivity index (χ4n) is 2.35. The van der Waals surface area contributed by atoms with Gasteiger partial charge in [-0.1, -0.05) is 0 Å². The van der Waals surface area contributed by atoms with E-state index in [1.165, 1.54) is 0 Å². The van der Waals surface area contributed by atoms with Gasteiger partial charge in [0.2, 0.25) is 5.88 Å². The quantitative estimate of drug-likeness (QED) is 0.857. The van der Waals surface area contributed by atoms with Gasteiger partial charge < -0.3 is 15.4 Å². The zero-order valence-electron chi connectivity index (χ0n) is 12.6. The molecule has 112 valence electrons. The third-order valence-electron chi connectivity index (χ3n) is 3.59. The number of hydrogen-bond acceptors (Lipinski definition) is 6. The van der Waals surface area contributed by atoms with E-state index in [4.69, 9.17) is 10.5 Å². The Morgan fingerprint density at radius 1 is 1.20 bits per heavy atom. The van der Waals surface area contributed by atoms with Gasteiger partial charge in [-0.2, -0.15) is 0 Å². The average molecular weight is 279 g/mol. The Morgan fingerprint density at radius 3 is 2.50 bits per heavy atom. The predicted octanol–water partition coefficient (Wildman–Crippen LogP) is 0.733. The first kappa shape index (κ1) is 15.0. The Bertz CT molecular complexity index is 418. The molecule has 1 aliphatic heterocycles. The zero-order valence-corrected chi connectivity index (χ0v) is 12.6. The van der Waals surface area contributed by atoms with Crippen LogP contribution in [0.15, 0.2) is 12.4 Å². The lowest BCUT2D eigenvalue weighted by molar-refractivity contribution is 0.200. The van der Waals surface area contributed by atoms with Gasteiger partial charge in [0.25, 0.3) is 0 Å². The molecule has 1 saturated heterocycles. The van der Waals surface area contributed by atoms with Crippen molar-refractivity contribution in [2.45, 2.75) is 32.9 Å². The van der Waals surface area contributed by atoms with Crippen LogP contribution < -0.4 is 15.4 Å². The number of aromatic nitrogens is 2. The average Bonchev–Trinajstić information content (AvgIpc) is 2.46. The second kappa shape index (κ2) is 6.85. The van der Waals surface area contributed by atoms with Crippen molar-refractivity contribution in [3.8, 4) is 5.88 Å². The van der Waals surface area contributed by atoms with Crippen LogP contribution in [-0.2, 0) is 0 Å². The van der Waals surface area contributed by atoms with Gasteiger partial charge in [-0.05, 0) is 20.8 Å². The standard InChI is InChI=1S/C14H25N5O/c1-11(2)20-14-8-13(16-10-17-14)19-6-4-18(5-7-19)12(3)9-15/h8,10-12H,4-7,9,15H2,1-3H3. The van der Waals surface area contributed by atoms with Crippen LogP contribution in [0.4, 0.5) is 5.82 Å². The highest BCUT2D eigenvalue weighted by Gasteiger charge is 2.21. The lowest BCUT2D eigenvalue weighted by Crippen LogP contribution is -2.51. The minimum atomic E-state index is 0.125. The highest BCUT2D eigenvalue weighted by atomic mass is 16.5. The summed E-state index contributed by atoms with van der Waals surface area (Å²) in [5.41, 5.74) is 5.72. The van der Waals surface area contributed by atoms with Crippen LogP contribution in [0.1, 0.15) is 20.8 Å². The van der Waals surface area contributed by atoms with Gasteiger partial charge in [-0.15, -0.1) is 0 Å². The minimum Gasteiger partial charge on any atom is -0.475 e. The van der Waals surface area contributed by atoms with Crippen LogP contribution in [0, 0.1) is 0 Å². The summed E-state index contributed by atoms with van der Waals surface area (Å²) < 4.78 is 5.62. The van der Waals surface area contributed by atoms with Gasteiger partial charge in [0, 0.05) is 44.8 Å². The molecule has 1 fully saturated rings. The molecule has 1 aromatic heterocycles. The maximum absolute atomic E-state index is 5.72. The van der Waals surface area contributed by atoms with Crippen LogP contribution >= 0.6 is 0 Å². The summed E-state index contributed by atoms with van der Waals surface area (Å²) in [4.78, 5) is 13.2. The Balaban J connectivity index is 1.96. The third kappa shape index (κ3) is 3.80. The number of hydrogen-bond donors (Lipinski definition) is 1. The molecule has 6 heteroatoms. The fraction of sp³-hybridized carbons (Fsp3) is 0.714. The van der Waals surface area contributed by atoms with E-state index in [1.807, 2.05) is 19.9 Å². The van der Waals surface area contributed by atoms with E-state index < -0.39 is 0 Å². The van der Waals surface area contributed by atoms with Crippen molar-refractivity contribution in [3.05, 3.63) is 12.4 Å². The highest BCUT2D eigenvalue weighted by Crippen LogP contribution is 2.18. The predicted molar refractivity (Wildman–Crippen MR) is 80.1 cm³/mol. The molecule has 2 heterocycles. The molecule has 0 bridgehead atoms. The van der Waals surface area contributed by atoms with Crippen molar-refractivity contribution in [1.29, 1.82) is 0 Å². The zero-order chi connectivity index (χ0) is 14.5. The second-order valence-electron chi connectivity index (χ2n) is 5.49. The molecule has 2 N–H and O–H groups in total. The number of anilines is 1. The molecule has 1 aromatic rings.